The molecular weight excluding hydrogens is 208 g/mol. The summed E-state index contributed by atoms with van der Waals surface area (Å²) in [6, 6.07) is 6.61. The Bertz CT molecular complexity index is 419. The maximum atomic E-state index is 11.5. The van der Waals surface area contributed by atoms with E-state index >= 15 is 0 Å². The number of ether oxygens (including phenoxy) is 1. The summed E-state index contributed by atoms with van der Waals surface area (Å²) in [6.45, 7) is 0. The molecule has 1 rings (SSSR count). The van der Waals surface area contributed by atoms with Crippen molar-refractivity contribution < 1.29 is 9.53 Å². The zero-order valence-corrected chi connectivity index (χ0v) is 8.60. The number of hydrogen-bond acceptors (Lipinski definition) is 5. The number of amides is 1. The molecule has 6 heteroatoms. The molecule has 0 saturated heterocycles. The Balaban J connectivity index is 2.56. The van der Waals surface area contributed by atoms with Crippen LogP contribution in [0.3, 0.4) is 0 Å². The zero-order valence-electron chi connectivity index (χ0n) is 8.60. The highest BCUT2D eigenvalue weighted by Gasteiger charge is 2.02. The zero-order chi connectivity index (χ0) is 11.8. The van der Waals surface area contributed by atoms with Gasteiger partial charge in [0.15, 0.2) is 6.19 Å². The van der Waals surface area contributed by atoms with Crippen molar-refractivity contribution in [2.75, 3.05) is 7.11 Å². The molecule has 0 fully saturated rings. The Morgan fingerprint density at radius 1 is 1.50 bits per heavy atom. The molecule has 1 aromatic carbocycles. The van der Waals surface area contributed by atoms with Crippen molar-refractivity contribution in [1.29, 1.82) is 5.26 Å². The maximum absolute atomic E-state index is 11.5. The molecule has 2 N–H and O–H groups in total. The number of methoxy groups -OCH3 is 1. The average Bonchev–Trinajstić information content (AvgIpc) is 2.34. The Hall–Kier alpha value is -2.55. The summed E-state index contributed by atoms with van der Waals surface area (Å²) >= 11 is 0. The van der Waals surface area contributed by atoms with Gasteiger partial charge in [-0.05, 0) is 24.3 Å². The quantitative estimate of drug-likeness (QED) is 0.252. The molecule has 0 aliphatic rings. The molecule has 82 valence electrons. The third-order valence-electron chi connectivity index (χ3n) is 1.73. The SMILES string of the molecule is COc1ccc(C(=O)NC=NNC#N)cc1. The van der Waals surface area contributed by atoms with Gasteiger partial charge in [0.2, 0.25) is 0 Å². The Kier molecular flexibility index (Phi) is 4.34. The number of nitrogens with zero attached hydrogens (tertiary/aromatic N) is 2. The highest BCUT2D eigenvalue weighted by molar-refractivity contribution is 6.00. The van der Waals surface area contributed by atoms with Crippen LogP contribution in [0.25, 0.3) is 0 Å². The first-order chi connectivity index (χ1) is 7.77. The van der Waals surface area contributed by atoms with Gasteiger partial charge >= 0.3 is 0 Å². The lowest BCUT2D eigenvalue weighted by Gasteiger charge is -2.01. The van der Waals surface area contributed by atoms with Gasteiger partial charge in [0.25, 0.3) is 5.91 Å². The molecular formula is C10H10N4O2. The molecule has 0 aromatic heterocycles. The molecule has 0 spiro atoms. The number of nitriles is 1. The summed E-state index contributed by atoms with van der Waals surface area (Å²) in [5.41, 5.74) is 2.49. The number of nitrogens with one attached hydrogen (secondary N) is 2. The highest BCUT2D eigenvalue weighted by atomic mass is 16.5. The summed E-state index contributed by atoms with van der Waals surface area (Å²) in [7, 11) is 1.55. The fourth-order valence-electron chi connectivity index (χ4n) is 0.978. The van der Waals surface area contributed by atoms with E-state index in [1.54, 1.807) is 37.6 Å². The Morgan fingerprint density at radius 2 is 2.19 bits per heavy atom. The first kappa shape index (κ1) is 11.5. The largest absolute Gasteiger partial charge is 0.497 e. The van der Waals surface area contributed by atoms with E-state index in [2.05, 4.69) is 10.4 Å². The van der Waals surface area contributed by atoms with Gasteiger partial charge in [0.1, 0.15) is 12.1 Å². The van der Waals surface area contributed by atoms with E-state index in [1.165, 1.54) is 0 Å². The average molecular weight is 218 g/mol. The van der Waals surface area contributed by atoms with Gasteiger partial charge in [-0.15, -0.1) is 0 Å². The second-order valence-electron chi connectivity index (χ2n) is 2.68. The topological polar surface area (TPSA) is 86.5 Å². The summed E-state index contributed by atoms with van der Waals surface area (Å²) in [5.74, 6) is 0.363. The van der Waals surface area contributed by atoms with Gasteiger partial charge in [-0.25, -0.2) is 5.43 Å². The van der Waals surface area contributed by atoms with Crippen LogP contribution in [0.5, 0.6) is 5.75 Å². The molecule has 0 saturated carbocycles. The molecule has 0 bridgehead atoms. The molecule has 0 radical (unpaired) electrons. The van der Waals surface area contributed by atoms with Gasteiger partial charge in [-0.2, -0.15) is 10.4 Å². The predicted octanol–water partition coefficient (Wildman–Crippen LogP) is 0.439. The smallest absolute Gasteiger partial charge is 0.256 e. The van der Waals surface area contributed by atoms with E-state index in [9.17, 15) is 4.79 Å². The fraction of sp³-hybridized carbons (Fsp3) is 0.100. The van der Waals surface area contributed by atoms with Crippen molar-refractivity contribution >= 4 is 12.2 Å². The molecule has 1 aromatic rings. The predicted molar refractivity (Wildman–Crippen MR) is 57.7 cm³/mol. The normalized spacial score (nSPS) is 9.50. The summed E-state index contributed by atoms with van der Waals surface area (Å²) < 4.78 is 4.96. The minimum atomic E-state index is -0.314. The lowest BCUT2D eigenvalue weighted by molar-refractivity contribution is 0.0978. The second-order valence-corrected chi connectivity index (χ2v) is 2.68. The number of rotatable bonds is 4. The van der Waals surface area contributed by atoms with Crippen LogP contribution >= 0.6 is 0 Å². The van der Waals surface area contributed by atoms with Crippen molar-refractivity contribution in [3.8, 4) is 11.9 Å². The van der Waals surface area contributed by atoms with Crippen molar-refractivity contribution in [3.63, 3.8) is 0 Å². The van der Waals surface area contributed by atoms with E-state index < -0.39 is 0 Å². The van der Waals surface area contributed by atoms with Crippen LogP contribution in [0.15, 0.2) is 29.4 Å². The second kappa shape index (κ2) is 6.03. The first-order valence-corrected chi connectivity index (χ1v) is 4.38. The summed E-state index contributed by atoms with van der Waals surface area (Å²) in [5, 5.41) is 13.9. The molecule has 1 amide bonds. The first-order valence-electron chi connectivity index (χ1n) is 4.38. The number of benzene rings is 1. The summed E-state index contributed by atoms with van der Waals surface area (Å²) in [4.78, 5) is 11.5. The molecule has 0 heterocycles. The monoisotopic (exact) mass is 218 g/mol. The van der Waals surface area contributed by atoms with Gasteiger partial charge in [-0.3, -0.25) is 4.79 Å². The maximum Gasteiger partial charge on any atom is 0.256 e. The van der Waals surface area contributed by atoms with E-state index in [0.29, 0.717) is 11.3 Å². The Morgan fingerprint density at radius 3 is 2.75 bits per heavy atom. The van der Waals surface area contributed by atoms with Crippen LogP contribution in [0.4, 0.5) is 0 Å². The standard InChI is InChI=1S/C10H10N4O2/c1-16-9-4-2-8(3-5-9)10(15)12-7-14-13-6-11/h2-5,7,13H,1H3,(H,12,14,15). The van der Waals surface area contributed by atoms with E-state index in [-0.39, 0.29) is 5.91 Å². The fourth-order valence-corrected chi connectivity index (χ4v) is 0.978. The van der Waals surface area contributed by atoms with Gasteiger partial charge < -0.3 is 10.1 Å². The van der Waals surface area contributed by atoms with Crippen LogP contribution in [-0.4, -0.2) is 19.4 Å². The molecule has 0 aliphatic heterocycles. The van der Waals surface area contributed by atoms with Crippen molar-refractivity contribution in [1.82, 2.24) is 10.7 Å². The minimum absolute atomic E-state index is 0.314. The van der Waals surface area contributed by atoms with Crippen LogP contribution in [0, 0.1) is 11.5 Å². The molecule has 6 nitrogen and oxygen atoms in total. The van der Waals surface area contributed by atoms with Crippen molar-refractivity contribution in [3.05, 3.63) is 29.8 Å². The number of hydrogen-bond donors (Lipinski definition) is 2. The number of carbonyl (C=O) groups is 1. The van der Waals surface area contributed by atoms with Crippen LogP contribution in [-0.2, 0) is 0 Å². The minimum Gasteiger partial charge on any atom is -0.497 e. The molecule has 0 aliphatic carbocycles. The molecule has 0 unspecified atom stereocenters. The van der Waals surface area contributed by atoms with Crippen LogP contribution < -0.4 is 15.5 Å². The van der Waals surface area contributed by atoms with Gasteiger partial charge in [0.05, 0.1) is 7.11 Å². The molecule has 0 atom stereocenters. The van der Waals surface area contributed by atoms with Crippen molar-refractivity contribution in [2.45, 2.75) is 0 Å². The van der Waals surface area contributed by atoms with E-state index in [0.717, 1.165) is 6.34 Å². The highest BCUT2D eigenvalue weighted by Crippen LogP contribution is 2.10. The van der Waals surface area contributed by atoms with Crippen molar-refractivity contribution in [2.24, 2.45) is 5.10 Å². The van der Waals surface area contributed by atoms with Crippen LogP contribution in [0.1, 0.15) is 10.4 Å². The number of hydrazone groups is 1. The van der Waals surface area contributed by atoms with E-state index in [1.807, 2.05) is 5.43 Å². The third-order valence-corrected chi connectivity index (χ3v) is 1.73. The summed E-state index contributed by atoms with van der Waals surface area (Å²) in [6.07, 6.45) is 2.69. The van der Waals surface area contributed by atoms with Crippen LogP contribution in [0.2, 0.25) is 0 Å². The van der Waals surface area contributed by atoms with Gasteiger partial charge in [0, 0.05) is 5.56 Å². The Labute approximate surface area is 92.5 Å². The van der Waals surface area contributed by atoms with E-state index in [4.69, 9.17) is 10.00 Å². The lowest BCUT2D eigenvalue weighted by atomic mass is 10.2. The third kappa shape index (κ3) is 3.31. The van der Waals surface area contributed by atoms with Gasteiger partial charge in [-0.1, -0.05) is 0 Å². The number of carbonyl (C=O) groups excluding carboxylic acids is 1. The molecule has 16 heavy (non-hydrogen) atoms. The lowest BCUT2D eigenvalue weighted by Crippen LogP contribution is -2.22.